The van der Waals surface area contributed by atoms with E-state index < -0.39 is 5.97 Å². The number of carbonyl (C=O) groups excluding carboxylic acids is 1. The van der Waals surface area contributed by atoms with E-state index in [1.54, 1.807) is 15.8 Å². The van der Waals surface area contributed by atoms with Crippen LogP contribution in [0.25, 0.3) is 0 Å². The molecule has 1 aliphatic heterocycles. The molecule has 0 saturated carbocycles. The van der Waals surface area contributed by atoms with Gasteiger partial charge < -0.3 is 15.3 Å². The fourth-order valence-electron chi connectivity index (χ4n) is 3.09. The molecule has 7 nitrogen and oxygen atoms in total. The van der Waals surface area contributed by atoms with Crippen molar-refractivity contribution < 1.29 is 14.7 Å². The smallest absolute Gasteiger partial charge is 0.317 e. The molecule has 2 heterocycles. The lowest BCUT2D eigenvalue weighted by Crippen LogP contribution is -2.47. The summed E-state index contributed by atoms with van der Waals surface area (Å²) in [6.07, 6.45) is 4.57. The summed E-state index contributed by atoms with van der Waals surface area (Å²) in [7, 11) is 0. The van der Waals surface area contributed by atoms with Crippen LogP contribution >= 0.6 is 0 Å². The summed E-state index contributed by atoms with van der Waals surface area (Å²) in [6.45, 7) is 1.46. The van der Waals surface area contributed by atoms with Gasteiger partial charge in [0.15, 0.2) is 0 Å². The summed E-state index contributed by atoms with van der Waals surface area (Å²) in [5, 5.41) is 16.4. The highest BCUT2D eigenvalue weighted by Gasteiger charge is 2.28. The van der Waals surface area contributed by atoms with Gasteiger partial charge in [-0.3, -0.25) is 9.48 Å². The summed E-state index contributed by atoms with van der Waals surface area (Å²) >= 11 is 0. The van der Waals surface area contributed by atoms with Crippen molar-refractivity contribution in [3.05, 3.63) is 54.4 Å². The maximum atomic E-state index is 12.6. The fraction of sp³-hybridized carbons (Fsp3) is 0.389. The van der Waals surface area contributed by atoms with Crippen LogP contribution in [-0.4, -0.2) is 44.9 Å². The number of aromatic nitrogens is 2. The molecule has 7 heteroatoms. The van der Waals surface area contributed by atoms with Crippen molar-refractivity contribution in [2.45, 2.75) is 25.4 Å². The Balaban J connectivity index is 1.65. The lowest BCUT2D eigenvalue weighted by Gasteiger charge is -2.32. The van der Waals surface area contributed by atoms with Crippen LogP contribution in [0.3, 0.4) is 0 Å². The van der Waals surface area contributed by atoms with Crippen LogP contribution in [0.2, 0.25) is 0 Å². The molecule has 1 aliphatic rings. The molecule has 25 heavy (non-hydrogen) atoms. The van der Waals surface area contributed by atoms with Gasteiger partial charge in [-0.1, -0.05) is 30.3 Å². The summed E-state index contributed by atoms with van der Waals surface area (Å²) in [4.78, 5) is 25.4. The zero-order valence-corrected chi connectivity index (χ0v) is 13.9. The minimum absolute atomic E-state index is 0.162. The second kappa shape index (κ2) is 7.83. The minimum Gasteiger partial charge on any atom is -0.481 e. The molecule has 3 rings (SSSR count). The Morgan fingerprint density at radius 3 is 2.52 bits per heavy atom. The van der Waals surface area contributed by atoms with Crippen molar-refractivity contribution in [2.24, 2.45) is 5.92 Å². The SMILES string of the molecule is O=C(O)C1CCN(C(=O)NC(Cn2cccn2)c2ccccc2)CC1. The largest absolute Gasteiger partial charge is 0.481 e. The number of amides is 2. The zero-order valence-electron chi connectivity index (χ0n) is 13.9. The van der Waals surface area contributed by atoms with Crippen molar-refractivity contribution in [1.29, 1.82) is 0 Å². The Kier molecular flexibility index (Phi) is 5.33. The Morgan fingerprint density at radius 1 is 1.20 bits per heavy atom. The fourth-order valence-corrected chi connectivity index (χ4v) is 3.09. The molecule has 0 radical (unpaired) electrons. The van der Waals surface area contributed by atoms with Gasteiger partial charge in [0.05, 0.1) is 18.5 Å². The molecule has 1 fully saturated rings. The Bertz CT molecular complexity index is 694. The number of piperidine rings is 1. The molecule has 2 amide bonds. The third-order valence-electron chi connectivity index (χ3n) is 4.56. The van der Waals surface area contributed by atoms with Gasteiger partial charge in [0, 0.05) is 25.5 Å². The molecule has 1 saturated heterocycles. The molecule has 1 aromatic heterocycles. The topological polar surface area (TPSA) is 87.5 Å². The molecule has 0 aliphatic carbocycles. The van der Waals surface area contributed by atoms with Crippen LogP contribution in [0, 0.1) is 5.92 Å². The molecule has 2 N–H and O–H groups in total. The number of carbonyl (C=O) groups is 2. The van der Waals surface area contributed by atoms with Gasteiger partial charge in [0.25, 0.3) is 0 Å². The Labute approximate surface area is 146 Å². The number of nitrogens with zero attached hydrogens (tertiary/aromatic N) is 3. The van der Waals surface area contributed by atoms with Gasteiger partial charge in [-0.15, -0.1) is 0 Å². The average Bonchev–Trinajstić information content (AvgIpc) is 3.15. The van der Waals surface area contributed by atoms with E-state index in [0.29, 0.717) is 32.5 Å². The molecule has 0 spiro atoms. The van der Waals surface area contributed by atoms with E-state index in [0.717, 1.165) is 5.56 Å². The van der Waals surface area contributed by atoms with E-state index in [9.17, 15) is 9.59 Å². The quantitative estimate of drug-likeness (QED) is 0.871. The molecule has 1 unspecified atom stereocenters. The van der Waals surface area contributed by atoms with Gasteiger partial charge in [0.2, 0.25) is 0 Å². The zero-order chi connectivity index (χ0) is 17.6. The molecular weight excluding hydrogens is 320 g/mol. The number of aliphatic carboxylic acids is 1. The van der Waals surface area contributed by atoms with Gasteiger partial charge in [-0.05, 0) is 24.5 Å². The van der Waals surface area contributed by atoms with E-state index in [1.807, 2.05) is 42.6 Å². The van der Waals surface area contributed by atoms with Gasteiger partial charge in [0.1, 0.15) is 0 Å². The number of likely N-dealkylation sites (tertiary alicyclic amines) is 1. The van der Waals surface area contributed by atoms with Crippen molar-refractivity contribution in [2.75, 3.05) is 13.1 Å². The summed E-state index contributed by atoms with van der Waals surface area (Å²) in [6, 6.07) is 11.3. The van der Waals surface area contributed by atoms with E-state index >= 15 is 0 Å². The Morgan fingerprint density at radius 2 is 1.92 bits per heavy atom. The average molecular weight is 342 g/mol. The first kappa shape index (κ1) is 17.0. The van der Waals surface area contributed by atoms with E-state index in [4.69, 9.17) is 5.11 Å². The van der Waals surface area contributed by atoms with Crippen molar-refractivity contribution >= 4 is 12.0 Å². The number of hydrogen-bond donors (Lipinski definition) is 2. The number of carboxylic acids is 1. The number of carboxylic acid groups (broad SMARTS) is 1. The molecule has 132 valence electrons. The predicted octanol–water partition coefficient (Wildman–Crippen LogP) is 2.13. The van der Waals surface area contributed by atoms with Crippen molar-refractivity contribution in [3.63, 3.8) is 0 Å². The first-order valence-electron chi connectivity index (χ1n) is 8.44. The molecule has 0 bridgehead atoms. The van der Waals surface area contributed by atoms with Crippen LogP contribution < -0.4 is 5.32 Å². The normalized spacial score (nSPS) is 16.4. The van der Waals surface area contributed by atoms with Gasteiger partial charge in [-0.25, -0.2) is 4.79 Å². The lowest BCUT2D eigenvalue weighted by molar-refractivity contribution is -0.143. The van der Waals surface area contributed by atoms with E-state index in [-0.39, 0.29) is 18.0 Å². The highest BCUT2D eigenvalue weighted by molar-refractivity contribution is 5.75. The number of urea groups is 1. The standard InChI is InChI=1S/C18H22N4O3/c23-17(24)15-7-11-21(12-8-15)18(25)20-16(13-22-10-4-9-19-22)14-5-2-1-3-6-14/h1-6,9-10,15-16H,7-8,11-13H2,(H,20,25)(H,23,24). The van der Waals surface area contributed by atoms with Crippen LogP contribution in [0.4, 0.5) is 4.79 Å². The second-order valence-corrected chi connectivity index (χ2v) is 6.24. The van der Waals surface area contributed by atoms with Crippen molar-refractivity contribution in [3.8, 4) is 0 Å². The molecule has 1 aromatic carbocycles. The highest BCUT2D eigenvalue weighted by Crippen LogP contribution is 2.19. The van der Waals surface area contributed by atoms with E-state index in [2.05, 4.69) is 10.4 Å². The Hall–Kier alpha value is -2.83. The van der Waals surface area contributed by atoms with Gasteiger partial charge in [-0.2, -0.15) is 5.10 Å². The number of nitrogens with one attached hydrogen (secondary N) is 1. The lowest BCUT2D eigenvalue weighted by atomic mass is 9.97. The number of benzene rings is 1. The van der Waals surface area contributed by atoms with Crippen LogP contribution in [-0.2, 0) is 11.3 Å². The third kappa shape index (κ3) is 4.37. The van der Waals surface area contributed by atoms with Crippen LogP contribution in [0.5, 0.6) is 0 Å². The second-order valence-electron chi connectivity index (χ2n) is 6.24. The predicted molar refractivity (Wildman–Crippen MR) is 91.9 cm³/mol. The summed E-state index contributed by atoms with van der Waals surface area (Å²) < 4.78 is 1.79. The maximum absolute atomic E-state index is 12.6. The van der Waals surface area contributed by atoms with Crippen LogP contribution in [0.15, 0.2) is 48.8 Å². The minimum atomic E-state index is -0.777. The maximum Gasteiger partial charge on any atom is 0.317 e. The first-order valence-corrected chi connectivity index (χ1v) is 8.44. The first-order chi connectivity index (χ1) is 12.1. The number of rotatable bonds is 5. The van der Waals surface area contributed by atoms with Crippen molar-refractivity contribution in [1.82, 2.24) is 20.0 Å². The highest BCUT2D eigenvalue weighted by atomic mass is 16.4. The third-order valence-corrected chi connectivity index (χ3v) is 4.56. The molecular formula is C18H22N4O3. The molecule has 2 aromatic rings. The number of hydrogen-bond acceptors (Lipinski definition) is 3. The summed E-state index contributed by atoms with van der Waals surface area (Å²) in [5.41, 5.74) is 1.01. The monoisotopic (exact) mass is 342 g/mol. The van der Waals surface area contributed by atoms with Crippen LogP contribution in [0.1, 0.15) is 24.4 Å². The van der Waals surface area contributed by atoms with Gasteiger partial charge >= 0.3 is 12.0 Å². The summed E-state index contributed by atoms with van der Waals surface area (Å²) in [5.74, 6) is -1.13. The van der Waals surface area contributed by atoms with E-state index in [1.165, 1.54) is 0 Å². The molecule has 1 atom stereocenters.